The van der Waals surface area contributed by atoms with Crippen molar-refractivity contribution in [3.05, 3.63) is 22.3 Å². The highest BCUT2D eigenvalue weighted by Crippen LogP contribution is 2.45. The van der Waals surface area contributed by atoms with Gasteiger partial charge in [0.2, 0.25) is 0 Å². The predicted molar refractivity (Wildman–Crippen MR) is 74.0 cm³/mol. The van der Waals surface area contributed by atoms with Gasteiger partial charge < -0.3 is 15.2 Å². The van der Waals surface area contributed by atoms with Crippen LogP contribution in [0.2, 0.25) is 0 Å². The fraction of sp³-hybridized carbons (Fsp3) is 0.250. The molecule has 18 heavy (non-hydrogen) atoms. The molecule has 6 heteroatoms. The van der Waals surface area contributed by atoms with E-state index in [0.29, 0.717) is 11.6 Å². The highest BCUT2D eigenvalue weighted by atomic mass is 79.9. The van der Waals surface area contributed by atoms with Crippen molar-refractivity contribution in [3.63, 3.8) is 0 Å². The summed E-state index contributed by atoms with van der Waals surface area (Å²) in [6.45, 7) is 1.95. The Kier molecular flexibility index (Phi) is 3.47. The van der Waals surface area contributed by atoms with Gasteiger partial charge in [0, 0.05) is 11.1 Å². The van der Waals surface area contributed by atoms with Crippen molar-refractivity contribution in [2.24, 2.45) is 0 Å². The van der Waals surface area contributed by atoms with E-state index in [2.05, 4.69) is 26.1 Å². The molecule has 0 unspecified atom stereocenters. The molecule has 2 aromatic rings. The zero-order valence-corrected chi connectivity index (χ0v) is 12.0. The number of nitrogens with zero attached hydrogens (tertiary/aromatic N) is 1. The number of methoxy groups -OCH3 is 2. The largest absolute Gasteiger partial charge is 0.496 e. The number of nitrogens with two attached hydrogens (primary N) is 1. The molecule has 0 aliphatic rings. The molecule has 0 bridgehead atoms. The summed E-state index contributed by atoms with van der Waals surface area (Å²) >= 11 is 3.54. The van der Waals surface area contributed by atoms with Crippen molar-refractivity contribution in [2.75, 3.05) is 20.0 Å². The molecule has 1 heterocycles. The Morgan fingerprint density at radius 1 is 1.33 bits per heavy atom. The number of aromatic nitrogens is 2. The SMILES string of the molecule is COc1cc(C)c(OC)c(Br)c1-c1cn[nH]c1N. The zero-order chi connectivity index (χ0) is 13.3. The molecule has 0 aliphatic carbocycles. The summed E-state index contributed by atoms with van der Waals surface area (Å²) in [5.41, 5.74) is 8.44. The highest BCUT2D eigenvalue weighted by Gasteiger charge is 2.20. The highest BCUT2D eigenvalue weighted by molar-refractivity contribution is 9.10. The molecule has 0 amide bonds. The van der Waals surface area contributed by atoms with Crippen LogP contribution in [-0.2, 0) is 0 Å². The molecule has 0 spiro atoms. The van der Waals surface area contributed by atoms with Crippen LogP contribution in [0.15, 0.2) is 16.7 Å². The number of hydrogen-bond acceptors (Lipinski definition) is 4. The first-order valence-electron chi connectivity index (χ1n) is 5.30. The zero-order valence-electron chi connectivity index (χ0n) is 10.4. The Morgan fingerprint density at radius 2 is 2.06 bits per heavy atom. The molecule has 1 aromatic heterocycles. The van der Waals surface area contributed by atoms with E-state index in [-0.39, 0.29) is 0 Å². The third kappa shape index (κ3) is 1.92. The van der Waals surface area contributed by atoms with E-state index < -0.39 is 0 Å². The normalized spacial score (nSPS) is 10.4. The molecule has 96 valence electrons. The molecule has 2 rings (SSSR count). The molecule has 3 N–H and O–H groups in total. The van der Waals surface area contributed by atoms with E-state index in [4.69, 9.17) is 15.2 Å². The number of benzene rings is 1. The van der Waals surface area contributed by atoms with Crippen molar-refractivity contribution >= 4 is 21.7 Å². The van der Waals surface area contributed by atoms with Crippen molar-refractivity contribution < 1.29 is 9.47 Å². The standard InChI is InChI=1S/C12H14BrN3O2/c1-6-4-8(17-2)9(10(13)11(6)18-3)7-5-15-16-12(7)14/h4-5H,1-3H3,(H3,14,15,16). The molecule has 1 aromatic carbocycles. The number of rotatable bonds is 3. The Morgan fingerprint density at radius 3 is 2.56 bits per heavy atom. The first kappa shape index (κ1) is 12.8. The summed E-state index contributed by atoms with van der Waals surface area (Å²) in [6, 6.07) is 1.91. The smallest absolute Gasteiger partial charge is 0.136 e. The van der Waals surface area contributed by atoms with Crippen LogP contribution in [0.1, 0.15) is 5.56 Å². The first-order valence-corrected chi connectivity index (χ1v) is 6.09. The molecule has 5 nitrogen and oxygen atoms in total. The Labute approximate surface area is 113 Å². The molecule has 0 saturated carbocycles. The maximum atomic E-state index is 5.86. The van der Waals surface area contributed by atoms with E-state index in [1.54, 1.807) is 20.4 Å². The fourth-order valence-corrected chi connectivity index (χ4v) is 2.77. The van der Waals surface area contributed by atoms with Crippen LogP contribution in [0.3, 0.4) is 0 Å². The van der Waals surface area contributed by atoms with Crippen LogP contribution >= 0.6 is 15.9 Å². The van der Waals surface area contributed by atoms with E-state index in [1.165, 1.54) is 0 Å². The maximum Gasteiger partial charge on any atom is 0.136 e. The van der Waals surface area contributed by atoms with Gasteiger partial charge in [-0.2, -0.15) is 5.10 Å². The molecule has 0 radical (unpaired) electrons. The van der Waals surface area contributed by atoms with E-state index in [0.717, 1.165) is 26.9 Å². The van der Waals surface area contributed by atoms with Crippen LogP contribution in [0.4, 0.5) is 5.82 Å². The number of nitrogen functional groups attached to an aromatic ring is 1. The molecule has 0 atom stereocenters. The van der Waals surface area contributed by atoms with Gasteiger partial charge in [-0.1, -0.05) is 0 Å². The molecule has 0 saturated heterocycles. The summed E-state index contributed by atoms with van der Waals surface area (Å²) < 4.78 is 11.6. The molecule has 0 fully saturated rings. The van der Waals surface area contributed by atoms with Crippen molar-refractivity contribution in [2.45, 2.75) is 6.92 Å². The summed E-state index contributed by atoms with van der Waals surface area (Å²) in [5.74, 6) is 1.96. The minimum atomic E-state index is 0.486. The van der Waals surface area contributed by atoms with Crippen molar-refractivity contribution in [1.82, 2.24) is 10.2 Å². The number of H-pyrrole nitrogens is 1. The van der Waals surface area contributed by atoms with Crippen LogP contribution in [0.25, 0.3) is 11.1 Å². The van der Waals surface area contributed by atoms with Crippen LogP contribution < -0.4 is 15.2 Å². The lowest BCUT2D eigenvalue weighted by Gasteiger charge is -2.15. The van der Waals surface area contributed by atoms with E-state index in [1.807, 2.05) is 13.0 Å². The number of hydrogen-bond donors (Lipinski definition) is 2. The van der Waals surface area contributed by atoms with Crippen LogP contribution in [-0.4, -0.2) is 24.4 Å². The summed E-state index contributed by atoms with van der Waals surface area (Å²) in [4.78, 5) is 0. The second-order valence-corrected chi connectivity index (χ2v) is 4.61. The van der Waals surface area contributed by atoms with E-state index in [9.17, 15) is 0 Å². The fourth-order valence-electron chi connectivity index (χ4n) is 1.89. The predicted octanol–water partition coefficient (Wildman–Crippen LogP) is 2.75. The summed E-state index contributed by atoms with van der Waals surface area (Å²) in [6.07, 6.45) is 1.66. The second kappa shape index (κ2) is 4.89. The third-order valence-corrected chi connectivity index (χ3v) is 3.49. The third-order valence-electron chi connectivity index (χ3n) is 2.73. The Balaban J connectivity index is 2.76. The van der Waals surface area contributed by atoms with Gasteiger partial charge in [-0.3, -0.25) is 5.10 Å². The van der Waals surface area contributed by atoms with Gasteiger partial charge in [0.25, 0.3) is 0 Å². The van der Waals surface area contributed by atoms with E-state index >= 15 is 0 Å². The van der Waals surface area contributed by atoms with Gasteiger partial charge in [0.05, 0.1) is 24.9 Å². The lowest BCUT2D eigenvalue weighted by atomic mass is 10.0. The number of nitrogens with one attached hydrogen (secondary N) is 1. The van der Waals surface area contributed by atoms with Crippen molar-refractivity contribution in [3.8, 4) is 22.6 Å². The molecular formula is C12H14BrN3O2. The summed E-state index contributed by atoms with van der Waals surface area (Å²) in [7, 11) is 3.25. The first-order chi connectivity index (χ1) is 8.60. The van der Waals surface area contributed by atoms with Gasteiger partial charge in [0.15, 0.2) is 0 Å². The minimum Gasteiger partial charge on any atom is -0.496 e. The summed E-state index contributed by atoms with van der Waals surface area (Å²) in [5, 5.41) is 6.63. The number of anilines is 1. The average Bonchev–Trinajstić information content (AvgIpc) is 2.75. The van der Waals surface area contributed by atoms with Crippen LogP contribution in [0.5, 0.6) is 11.5 Å². The molecule has 0 aliphatic heterocycles. The van der Waals surface area contributed by atoms with Crippen molar-refractivity contribution in [1.29, 1.82) is 0 Å². The topological polar surface area (TPSA) is 73.2 Å². The minimum absolute atomic E-state index is 0.486. The average molecular weight is 312 g/mol. The van der Waals surface area contributed by atoms with Crippen LogP contribution in [0, 0.1) is 6.92 Å². The Hall–Kier alpha value is -1.69. The lowest BCUT2D eigenvalue weighted by molar-refractivity contribution is 0.399. The van der Waals surface area contributed by atoms with Gasteiger partial charge in [-0.25, -0.2) is 0 Å². The maximum absolute atomic E-state index is 5.86. The quantitative estimate of drug-likeness (QED) is 0.914. The van der Waals surface area contributed by atoms with Gasteiger partial charge in [0.1, 0.15) is 17.3 Å². The number of halogens is 1. The number of aryl methyl sites for hydroxylation is 1. The Bertz CT molecular complexity index is 581. The monoisotopic (exact) mass is 311 g/mol. The second-order valence-electron chi connectivity index (χ2n) is 3.82. The number of ether oxygens (including phenoxy) is 2. The van der Waals surface area contributed by atoms with Gasteiger partial charge in [-0.15, -0.1) is 0 Å². The molecular weight excluding hydrogens is 298 g/mol. The lowest BCUT2D eigenvalue weighted by Crippen LogP contribution is -1.97. The van der Waals surface area contributed by atoms with Gasteiger partial charge in [-0.05, 0) is 34.5 Å². The van der Waals surface area contributed by atoms with Gasteiger partial charge >= 0.3 is 0 Å². The number of aromatic amines is 1.